The Hall–Kier alpha value is -0.650. The molecule has 4 N–H and O–H groups in total. The topological polar surface area (TPSA) is 86.8 Å². The summed E-state index contributed by atoms with van der Waals surface area (Å²) in [7, 11) is 0. The van der Waals surface area contributed by atoms with Gasteiger partial charge in [0.05, 0.1) is 12.1 Å². The maximum absolute atomic E-state index is 11.4. The molecule has 0 aromatic heterocycles. The van der Waals surface area contributed by atoms with Gasteiger partial charge in [0.1, 0.15) is 6.10 Å². The number of carbonyl (C=O) groups is 1. The second-order valence-electron chi connectivity index (χ2n) is 3.97. The fraction of sp³-hybridized carbons (Fsp3) is 0.889. The van der Waals surface area contributed by atoms with Crippen LogP contribution in [-0.4, -0.2) is 52.4 Å². The van der Waals surface area contributed by atoms with Gasteiger partial charge in [0.15, 0.2) is 0 Å². The molecule has 2 atom stereocenters. The quantitative estimate of drug-likeness (QED) is 0.518. The van der Waals surface area contributed by atoms with Gasteiger partial charge in [-0.25, -0.2) is 0 Å². The van der Waals surface area contributed by atoms with E-state index in [-0.39, 0.29) is 19.0 Å². The summed E-state index contributed by atoms with van der Waals surface area (Å²) in [5.74, 6) is -0.337. The largest absolute Gasteiger partial charge is 0.387 e. The molecule has 1 rings (SSSR count). The van der Waals surface area contributed by atoms with Crippen LogP contribution in [0.3, 0.4) is 0 Å². The average molecular weight is 202 g/mol. The number of aliphatic hydroxyl groups excluding tert-OH is 1. The molecular formula is C9H18N2O3. The minimum absolute atomic E-state index is 0.149. The van der Waals surface area contributed by atoms with Gasteiger partial charge in [0.25, 0.3) is 5.91 Å². The third-order valence-electron chi connectivity index (χ3n) is 2.60. The highest BCUT2D eigenvalue weighted by molar-refractivity contribution is 5.80. The summed E-state index contributed by atoms with van der Waals surface area (Å²) in [6.45, 7) is 2.40. The summed E-state index contributed by atoms with van der Waals surface area (Å²) < 4.78 is 0. The Labute approximate surface area is 83.5 Å². The lowest BCUT2D eigenvalue weighted by molar-refractivity contribution is -0.145. The molecule has 14 heavy (non-hydrogen) atoms. The van der Waals surface area contributed by atoms with Gasteiger partial charge < -0.3 is 20.8 Å². The molecule has 1 saturated heterocycles. The molecule has 0 bridgehead atoms. The number of carbonyl (C=O) groups excluding carboxylic acids is 1. The molecule has 1 aliphatic heterocycles. The number of hydrogen-bond acceptors (Lipinski definition) is 4. The van der Waals surface area contributed by atoms with Crippen LogP contribution in [0.2, 0.25) is 0 Å². The summed E-state index contributed by atoms with van der Waals surface area (Å²) in [6.07, 6.45) is 0.342. The summed E-state index contributed by atoms with van der Waals surface area (Å²) in [5.41, 5.74) is 4.46. The van der Waals surface area contributed by atoms with Crippen LogP contribution in [0, 0.1) is 0 Å². The van der Waals surface area contributed by atoms with Gasteiger partial charge in [0.2, 0.25) is 0 Å². The third-order valence-corrected chi connectivity index (χ3v) is 2.60. The normalized spacial score (nSPS) is 30.1. The minimum atomic E-state index is -1.00. The van der Waals surface area contributed by atoms with E-state index in [0.717, 1.165) is 6.42 Å². The second kappa shape index (κ2) is 4.25. The third kappa shape index (κ3) is 2.43. The maximum atomic E-state index is 11.4. The summed E-state index contributed by atoms with van der Waals surface area (Å²) >= 11 is 0. The molecule has 82 valence electrons. The van der Waals surface area contributed by atoms with Crippen molar-refractivity contribution in [1.82, 2.24) is 4.90 Å². The van der Waals surface area contributed by atoms with Crippen molar-refractivity contribution in [3.05, 3.63) is 0 Å². The van der Waals surface area contributed by atoms with Crippen LogP contribution in [-0.2, 0) is 4.79 Å². The van der Waals surface area contributed by atoms with E-state index in [2.05, 4.69) is 0 Å². The first-order valence-corrected chi connectivity index (χ1v) is 4.88. The molecule has 0 aliphatic carbocycles. The van der Waals surface area contributed by atoms with E-state index in [0.29, 0.717) is 13.0 Å². The number of aliphatic hydroxyl groups is 2. The highest BCUT2D eigenvalue weighted by Gasteiger charge is 2.34. The van der Waals surface area contributed by atoms with Gasteiger partial charge in [-0.2, -0.15) is 0 Å². The summed E-state index contributed by atoms with van der Waals surface area (Å²) in [4.78, 5) is 12.9. The lowest BCUT2D eigenvalue weighted by atomic mass is 9.93. The first-order valence-electron chi connectivity index (χ1n) is 4.88. The number of nitrogens with zero attached hydrogens (tertiary/aromatic N) is 1. The fourth-order valence-corrected chi connectivity index (χ4v) is 1.73. The standard InChI is InChI=1S/C9H18N2O3/c1-7(12)8(13)11-4-2-3-9(14,5-10)6-11/h7,12,14H,2-6,10H2,1H3. The Kier molecular flexibility index (Phi) is 3.47. The average Bonchev–Trinajstić information content (AvgIpc) is 2.16. The van der Waals surface area contributed by atoms with Crippen molar-refractivity contribution < 1.29 is 15.0 Å². The zero-order valence-electron chi connectivity index (χ0n) is 8.44. The van der Waals surface area contributed by atoms with E-state index in [9.17, 15) is 9.90 Å². The fourth-order valence-electron chi connectivity index (χ4n) is 1.73. The number of amides is 1. The van der Waals surface area contributed by atoms with Crippen LogP contribution in [0.15, 0.2) is 0 Å². The second-order valence-corrected chi connectivity index (χ2v) is 3.97. The first kappa shape index (κ1) is 11.4. The molecule has 2 unspecified atom stereocenters. The van der Waals surface area contributed by atoms with Crippen LogP contribution in [0.5, 0.6) is 0 Å². The van der Waals surface area contributed by atoms with Gasteiger partial charge in [-0.3, -0.25) is 4.79 Å². The maximum Gasteiger partial charge on any atom is 0.251 e. The van der Waals surface area contributed by atoms with Gasteiger partial charge in [-0.15, -0.1) is 0 Å². The van der Waals surface area contributed by atoms with Gasteiger partial charge in [0, 0.05) is 13.1 Å². The molecule has 0 spiro atoms. The van der Waals surface area contributed by atoms with E-state index >= 15 is 0 Å². The molecule has 5 heteroatoms. The van der Waals surface area contributed by atoms with Gasteiger partial charge in [-0.05, 0) is 19.8 Å². The van der Waals surface area contributed by atoms with Gasteiger partial charge >= 0.3 is 0 Å². The Morgan fingerprint density at radius 2 is 2.36 bits per heavy atom. The molecular weight excluding hydrogens is 184 g/mol. The molecule has 0 aromatic carbocycles. The Morgan fingerprint density at radius 3 is 2.86 bits per heavy atom. The predicted molar refractivity (Wildman–Crippen MR) is 51.5 cm³/mol. The van der Waals surface area contributed by atoms with E-state index in [1.54, 1.807) is 0 Å². The van der Waals surface area contributed by atoms with Crippen LogP contribution < -0.4 is 5.73 Å². The molecule has 0 aromatic rings. The van der Waals surface area contributed by atoms with Crippen LogP contribution >= 0.6 is 0 Å². The van der Waals surface area contributed by atoms with Crippen molar-refractivity contribution in [3.63, 3.8) is 0 Å². The zero-order valence-corrected chi connectivity index (χ0v) is 8.44. The highest BCUT2D eigenvalue weighted by Crippen LogP contribution is 2.20. The Bertz CT molecular complexity index is 220. The van der Waals surface area contributed by atoms with Crippen molar-refractivity contribution in [1.29, 1.82) is 0 Å². The van der Waals surface area contributed by atoms with E-state index in [4.69, 9.17) is 10.8 Å². The van der Waals surface area contributed by atoms with Crippen molar-refractivity contribution in [3.8, 4) is 0 Å². The van der Waals surface area contributed by atoms with Gasteiger partial charge in [-0.1, -0.05) is 0 Å². The number of rotatable bonds is 2. The Morgan fingerprint density at radius 1 is 1.71 bits per heavy atom. The molecule has 0 radical (unpaired) electrons. The molecule has 0 saturated carbocycles. The van der Waals surface area contributed by atoms with E-state index < -0.39 is 11.7 Å². The van der Waals surface area contributed by atoms with Crippen molar-refractivity contribution in [2.75, 3.05) is 19.6 Å². The number of β-amino-alcohol motifs (C(OH)–C–C–N with tert-alkyl or cyclic N) is 1. The molecule has 5 nitrogen and oxygen atoms in total. The zero-order chi connectivity index (χ0) is 10.8. The van der Waals surface area contributed by atoms with Crippen LogP contribution in [0.1, 0.15) is 19.8 Å². The Balaban J connectivity index is 2.60. The van der Waals surface area contributed by atoms with Crippen molar-refractivity contribution in [2.45, 2.75) is 31.5 Å². The van der Waals surface area contributed by atoms with E-state index in [1.165, 1.54) is 11.8 Å². The molecule has 1 fully saturated rings. The first-order chi connectivity index (χ1) is 6.48. The lowest BCUT2D eigenvalue weighted by Crippen LogP contribution is -2.55. The molecule has 1 heterocycles. The smallest absolute Gasteiger partial charge is 0.251 e. The monoisotopic (exact) mass is 202 g/mol. The summed E-state index contributed by atoms with van der Waals surface area (Å²) in [6, 6.07) is 0. The van der Waals surface area contributed by atoms with Crippen LogP contribution in [0.25, 0.3) is 0 Å². The lowest BCUT2D eigenvalue weighted by Gasteiger charge is -2.38. The summed E-state index contributed by atoms with van der Waals surface area (Å²) in [5, 5.41) is 19.0. The number of hydrogen-bond donors (Lipinski definition) is 3. The van der Waals surface area contributed by atoms with Crippen molar-refractivity contribution in [2.24, 2.45) is 5.73 Å². The minimum Gasteiger partial charge on any atom is -0.387 e. The molecule has 1 amide bonds. The number of nitrogens with two attached hydrogens (primary N) is 1. The number of piperidine rings is 1. The predicted octanol–water partition coefficient (Wildman–Crippen LogP) is -1.32. The number of likely N-dealkylation sites (tertiary alicyclic amines) is 1. The molecule has 1 aliphatic rings. The van der Waals surface area contributed by atoms with Crippen molar-refractivity contribution >= 4 is 5.91 Å². The SMILES string of the molecule is CC(O)C(=O)N1CCCC(O)(CN)C1. The highest BCUT2D eigenvalue weighted by atomic mass is 16.3. The van der Waals surface area contributed by atoms with Crippen LogP contribution in [0.4, 0.5) is 0 Å². The van der Waals surface area contributed by atoms with E-state index in [1.807, 2.05) is 0 Å².